The molecule has 0 fully saturated rings. The molecule has 0 saturated carbocycles. The Morgan fingerprint density at radius 3 is 2.44 bits per heavy atom. The summed E-state index contributed by atoms with van der Waals surface area (Å²) in [5, 5.41) is 3.96. The van der Waals surface area contributed by atoms with Gasteiger partial charge < -0.3 is 14.8 Å². The van der Waals surface area contributed by atoms with Crippen molar-refractivity contribution in [1.29, 1.82) is 0 Å². The van der Waals surface area contributed by atoms with E-state index in [2.05, 4.69) is 26.1 Å². The van der Waals surface area contributed by atoms with Gasteiger partial charge in [0.2, 0.25) is 0 Å². The first-order valence-corrected chi connectivity index (χ1v) is 9.30. The highest BCUT2D eigenvalue weighted by Crippen LogP contribution is 2.37. The van der Waals surface area contributed by atoms with Gasteiger partial charge in [0, 0.05) is 17.6 Å². The van der Waals surface area contributed by atoms with Crippen molar-refractivity contribution in [3.05, 3.63) is 58.4 Å². The number of nitrogens with one attached hydrogen (secondary N) is 1. The molecule has 0 aliphatic heterocycles. The minimum absolute atomic E-state index is 0. The van der Waals surface area contributed by atoms with E-state index in [9.17, 15) is 4.39 Å². The van der Waals surface area contributed by atoms with Crippen molar-refractivity contribution in [3.8, 4) is 11.5 Å². The lowest BCUT2D eigenvalue weighted by Gasteiger charge is -2.25. The zero-order valence-corrected chi connectivity index (χ0v) is 17.8. The van der Waals surface area contributed by atoms with Crippen LogP contribution in [0.4, 0.5) is 4.39 Å². The molecule has 1 N–H and O–H groups in total. The van der Waals surface area contributed by atoms with Crippen LogP contribution in [0.5, 0.6) is 11.5 Å². The lowest BCUT2D eigenvalue weighted by atomic mass is 10.0. The third-order valence-corrected chi connectivity index (χ3v) is 4.63. The Kier molecular flexibility index (Phi) is 9.37. The van der Waals surface area contributed by atoms with Gasteiger partial charge in [-0.1, -0.05) is 36.7 Å². The summed E-state index contributed by atoms with van der Waals surface area (Å²) in [6.45, 7) is 9.61. The van der Waals surface area contributed by atoms with Gasteiger partial charge in [0.25, 0.3) is 0 Å². The summed E-state index contributed by atoms with van der Waals surface area (Å²) in [5.74, 6) is 0.710. The number of halogens is 3. The molecule has 27 heavy (non-hydrogen) atoms. The number of benzene rings is 2. The average molecular weight is 416 g/mol. The maximum absolute atomic E-state index is 13.8. The van der Waals surface area contributed by atoms with Gasteiger partial charge in [-0.25, -0.2) is 4.39 Å². The van der Waals surface area contributed by atoms with Crippen molar-refractivity contribution in [3.63, 3.8) is 0 Å². The van der Waals surface area contributed by atoms with Crippen molar-refractivity contribution in [2.75, 3.05) is 6.61 Å². The first kappa shape index (κ1) is 23.5. The van der Waals surface area contributed by atoms with Gasteiger partial charge in [-0.2, -0.15) is 0 Å². The standard InChI is InChI=1S/C21H27ClFNO2.ClH/c1-5-21(3,4)24-13-15-11-17(22)20(19(12-15)25-6-2)26-14-16-9-7-8-10-18(16)23;/h7-12,24H,5-6,13-14H2,1-4H3;1H. The van der Waals surface area contributed by atoms with Crippen LogP contribution < -0.4 is 14.8 Å². The Labute approximate surface area is 172 Å². The average Bonchev–Trinajstić information content (AvgIpc) is 2.61. The second kappa shape index (κ2) is 10.7. The van der Waals surface area contributed by atoms with Gasteiger partial charge in [0.05, 0.1) is 11.6 Å². The monoisotopic (exact) mass is 415 g/mol. The second-order valence-corrected chi connectivity index (χ2v) is 7.22. The smallest absolute Gasteiger partial charge is 0.180 e. The third-order valence-electron chi connectivity index (χ3n) is 4.35. The maximum Gasteiger partial charge on any atom is 0.180 e. The Bertz CT molecular complexity index is 738. The van der Waals surface area contributed by atoms with E-state index in [-0.39, 0.29) is 30.4 Å². The summed E-state index contributed by atoms with van der Waals surface area (Å²) < 4.78 is 25.3. The van der Waals surface area contributed by atoms with Crippen LogP contribution in [0.2, 0.25) is 5.02 Å². The van der Waals surface area contributed by atoms with Crippen LogP contribution in [-0.2, 0) is 13.2 Å². The van der Waals surface area contributed by atoms with E-state index in [0.29, 0.717) is 35.2 Å². The lowest BCUT2D eigenvalue weighted by Crippen LogP contribution is -2.37. The van der Waals surface area contributed by atoms with E-state index < -0.39 is 0 Å². The first-order chi connectivity index (χ1) is 12.4. The zero-order chi connectivity index (χ0) is 19.2. The van der Waals surface area contributed by atoms with Crippen LogP contribution in [-0.4, -0.2) is 12.1 Å². The fourth-order valence-corrected chi connectivity index (χ4v) is 2.65. The molecule has 0 amide bonds. The van der Waals surface area contributed by atoms with E-state index in [1.807, 2.05) is 19.1 Å². The normalized spacial score (nSPS) is 11.0. The molecule has 0 bridgehead atoms. The fourth-order valence-electron chi connectivity index (χ4n) is 2.36. The van der Waals surface area contributed by atoms with Crippen molar-refractivity contribution in [2.45, 2.75) is 52.8 Å². The summed E-state index contributed by atoms with van der Waals surface area (Å²) in [6, 6.07) is 10.3. The van der Waals surface area contributed by atoms with E-state index in [0.717, 1.165) is 12.0 Å². The van der Waals surface area contributed by atoms with Crippen molar-refractivity contribution in [2.24, 2.45) is 0 Å². The van der Waals surface area contributed by atoms with Gasteiger partial charge in [-0.05, 0) is 51.0 Å². The SMILES string of the molecule is CCOc1cc(CNC(C)(C)CC)cc(Cl)c1OCc1ccccc1F.Cl. The molecule has 2 rings (SSSR count). The highest BCUT2D eigenvalue weighted by atomic mass is 35.5. The molecule has 0 heterocycles. The molecule has 0 radical (unpaired) electrons. The van der Waals surface area contributed by atoms with Crippen LogP contribution in [0, 0.1) is 5.82 Å². The molecule has 0 atom stereocenters. The summed E-state index contributed by atoms with van der Waals surface area (Å²) >= 11 is 6.43. The van der Waals surface area contributed by atoms with Crippen LogP contribution in [0.3, 0.4) is 0 Å². The second-order valence-electron chi connectivity index (χ2n) is 6.81. The van der Waals surface area contributed by atoms with Gasteiger partial charge in [-0.15, -0.1) is 12.4 Å². The molecule has 150 valence electrons. The first-order valence-electron chi connectivity index (χ1n) is 8.92. The number of hydrogen-bond acceptors (Lipinski definition) is 3. The molecule has 2 aromatic rings. The number of rotatable bonds is 9. The molecular formula is C21H28Cl2FNO2. The highest BCUT2D eigenvalue weighted by molar-refractivity contribution is 6.32. The predicted octanol–water partition coefficient (Wildman–Crippen LogP) is 6.16. The predicted molar refractivity (Wildman–Crippen MR) is 112 cm³/mol. The third kappa shape index (κ3) is 6.87. The van der Waals surface area contributed by atoms with E-state index in [4.69, 9.17) is 21.1 Å². The molecular weight excluding hydrogens is 388 g/mol. The Balaban J connectivity index is 0.00000364. The van der Waals surface area contributed by atoms with E-state index in [1.54, 1.807) is 18.2 Å². The minimum Gasteiger partial charge on any atom is -0.490 e. The van der Waals surface area contributed by atoms with Crippen molar-refractivity contribution in [1.82, 2.24) is 5.32 Å². The topological polar surface area (TPSA) is 30.5 Å². The van der Waals surface area contributed by atoms with Crippen LogP contribution >= 0.6 is 24.0 Å². The quantitative estimate of drug-likeness (QED) is 0.531. The van der Waals surface area contributed by atoms with Crippen LogP contribution in [0.25, 0.3) is 0 Å². The zero-order valence-electron chi connectivity index (χ0n) is 16.3. The highest BCUT2D eigenvalue weighted by Gasteiger charge is 2.17. The summed E-state index contributed by atoms with van der Waals surface area (Å²) in [6.07, 6.45) is 1.02. The molecule has 0 aliphatic rings. The van der Waals surface area contributed by atoms with Gasteiger partial charge in [0.15, 0.2) is 11.5 Å². The number of ether oxygens (including phenoxy) is 2. The molecule has 0 saturated heterocycles. The molecule has 0 aromatic heterocycles. The van der Waals surface area contributed by atoms with Gasteiger partial charge in [0.1, 0.15) is 12.4 Å². The lowest BCUT2D eigenvalue weighted by molar-refractivity contribution is 0.265. The summed E-state index contributed by atoms with van der Waals surface area (Å²) in [4.78, 5) is 0. The summed E-state index contributed by atoms with van der Waals surface area (Å²) in [7, 11) is 0. The van der Waals surface area contributed by atoms with Crippen LogP contribution in [0.15, 0.2) is 36.4 Å². The van der Waals surface area contributed by atoms with Gasteiger partial charge >= 0.3 is 0 Å². The number of hydrogen-bond donors (Lipinski definition) is 1. The van der Waals surface area contributed by atoms with Crippen molar-refractivity contribution < 1.29 is 13.9 Å². The fraction of sp³-hybridized carbons (Fsp3) is 0.429. The Hall–Kier alpha value is -1.49. The molecule has 0 unspecified atom stereocenters. The molecule has 0 aliphatic carbocycles. The Morgan fingerprint density at radius 2 is 1.81 bits per heavy atom. The van der Waals surface area contributed by atoms with Crippen LogP contribution in [0.1, 0.15) is 45.2 Å². The van der Waals surface area contributed by atoms with Crippen molar-refractivity contribution >= 4 is 24.0 Å². The maximum atomic E-state index is 13.8. The molecule has 2 aromatic carbocycles. The van der Waals surface area contributed by atoms with E-state index >= 15 is 0 Å². The molecule has 6 heteroatoms. The minimum atomic E-state index is -0.302. The summed E-state index contributed by atoms with van der Waals surface area (Å²) in [5.41, 5.74) is 1.53. The molecule has 3 nitrogen and oxygen atoms in total. The Morgan fingerprint density at radius 1 is 1.11 bits per heavy atom. The molecule has 0 spiro atoms. The largest absolute Gasteiger partial charge is 0.490 e. The van der Waals surface area contributed by atoms with Gasteiger partial charge in [-0.3, -0.25) is 0 Å². The van der Waals surface area contributed by atoms with E-state index in [1.165, 1.54) is 6.07 Å².